The molecule has 0 aliphatic rings. The predicted octanol–water partition coefficient (Wildman–Crippen LogP) is 1.30. The zero-order valence-corrected chi connectivity index (χ0v) is 8.56. The number of H-pyrrole nitrogens is 1. The molecule has 4 nitrogen and oxygen atoms in total. The highest BCUT2D eigenvalue weighted by molar-refractivity contribution is 6.29. The Kier molecular flexibility index (Phi) is 3.10. The molecule has 1 unspecified atom stereocenters. The summed E-state index contributed by atoms with van der Waals surface area (Å²) in [5.74, 6) is -1.12. The number of halogens is 2. The van der Waals surface area contributed by atoms with Gasteiger partial charge in [-0.3, -0.25) is 14.3 Å². The molecule has 1 heterocycles. The molecule has 78 valence electrons. The van der Waals surface area contributed by atoms with E-state index in [0.717, 1.165) is 4.57 Å². The fraction of sp³-hybridized carbons (Fsp3) is 0.500. The number of nitrogens with zero attached hydrogens (tertiary/aromatic N) is 1. The third-order valence-electron chi connectivity index (χ3n) is 2.07. The predicted molar refractivity (Wildman–Crippen MR) is 51.3 cm³/mol. The third kappa shape index (κ3) is 1.72. The van der Waals surface area contributed by atoms with Crippen LogP contribution in [0, 0.1) is 5.82 Å². The minimum absolute atomic E-state index is 0.349. The summed E-state index contributed by atoms with van der Waals surface area (Å²) >= 11 is 5.30. The van der Waals surface area contributed by atoms with Crippen molar-refractivity contribution in [2.75, 3.05) is 0 Å². The van der Waals surface area contributed by atoms with Crippen LogP contribution in [-0.2, 0) is 0 Å². The van der Waals surface area contributed by atoms with E-state index in [4.69, 9.17) is 11.6 Å². The van der Waals surface area contributed by atoms with E-state index in [1.807, 2.05) is 0 Å². The van der Waals surface area contributed by atoms with Gasteiger partial charge in [0.1, 0.15) is 0 Å². The summed E-state index contributed by atoms with van der Waals surface area (Å²) in [7, 11) is 0. The van der Waals surface area contributed by atoms with Crippen molar-refractivity contribution in [2.45, 2.75) is 26.3 Å². The van der Waals surface area contributed by atoms with Crippen molar-refractivity contribution in [3.8, 4) is 0 Å². The number of nitrogens with one attached hydrogen (secondary N) is 1. The lowest BCUT2D eigenvalue weighted by atomic mass is 10.2. The van der Waals surface area contributed by atoms with E-state index in [0.29, 0.717) is 6.42 Å². The summed E-state index contributed by atoms with van der Waals surface area (Å²) < 4.78 is 13.9. The Labute approximate surface area is 84.3 Å². The van der Waals surface area contributed by atoms with Gasteiger partial charge in [-0.05, 0) is 13.3 Å². The largest absolute Gasteiger partial charge is 0.329 e. The van der Waals surface area contributed by atoms with E-state index in [9.17, 15) is 14.0 Å². The SMILES string of the molecule is CCC(C)n1c(=O)[nH]c(Cl)c(F)c1=O. The van der Waals surface area contributed by atoms with E-state index in [-0.39, 0.29) is 6.04 Å². The third-order valence-corrected chi connectivity index (χ3v) is 2.33. The summed E-state index contributed by atoms with van der Waals surface area (Å²) in [4.78, 5) is 24.6. The molecule has 0 aliphatic heterocycles. The average Bonchev–Trinajstić information content (AvgIpc) is 2.14. The zero-order chi connectivity index (χ0) is 10.9. The minimum atomic E-state index is -1.12. The van der Waals surface area contributed by atoms with Gasteiger partial charge in [0.25, 0.3) is 5.56 Å². The molecule has 0 bridgehead atoms. The van der Waals surface area contributed by atoms with Crippen molar-refractivity contribution >= 4 is 11.6 Å². The number of aromatic amines is 1. The molecule has 1 rings (SSSR count). The van der Waals surface area contributed by atoms with Crippen LogP contribution in [0.5, 0.6) is 0 Å². The monoisotopic (exact) mass is 220 g/mol. The first-order chi connectivity index (χ1) is 6.49. The molecule has 1 aromatic rings. The Morgan fingerprint density at radius 1 is 1.57 bits per heavy atom. The molecule has 0 spiro atoms. The van der Waals surface area contributed by atoms with Crippen LogP contribution in [0.3, 0.4) is 0 Å². The van der Waals surface area contributed by atoms with Crippen LogP contribution in [0.4, 0.5) is 4.39 Å². The smallest absolute Gasteiger partial charge is 0.295 e. The first kappa shape index (κ1) is 11.0. The highest BCUT2D eigenvalue weighted by Crippen LogP contribution is 2.07. The maximum absolute atomic E-state index is 13.0. The molecule has 0 fully saturated rings. The van der Waals surface area contributed by atoms with Gasteiger partial charge in [0, 0.05) is 6.04 Å². The fourth-order valence-electron chi connectivity index (χ4n) is 1.08. The summed E-state index contributed by atoms with van der Waals surface area (Å²) in [6, 6.07) is -0.349. The van der Waals surface area contributed by atoms with E-state index < -0.39 is 22.2 Å². The van der Waals surface area contributed by atoms with Crippen LogP contribution < -0.4 is 11.2 Å². The van der Waals surface area contributed by atoms with Gasteiger partial charge in [0.15, 0.2) is 5.15 Å². The van der Waals surface area contributed by atoms with Crippen LogP contribution >= 0.6 is 11.6 Å². The normalized spacial score (nSPS) is 12.9. The van der Waals surface area contributed by atoms with Crippen molar-refractivity contribution in [2.24, 2.45) is 0 Å². The molecule has 0 saturated heterocycles. The molecule has 6 heteroatoms. The molecular weight excluding hydrogens is 211 g/mol. The van der Waals surface area contributed by atoms with Gasteiger partial charge in [-0.2, -0.15) is 4.39 Å². The fourth-order valence-corrected chi connectivity index (χ4v) is 1.25. The Morgan fingerprint density at radius 3 is 2.64 bits per heavy atom. The highest BCUT2D eigenvalue weighted by atomic mass is 35.5. The summed E-state index contributed by atoms with van der Waals surface area (Å²) in [5, 5.41) is -0.542. The number of rotatable bonds is 2. The molecule has 1 N–H and O–H groups in total. The van der Waals surface area contributed by atoms with Gasteiger partial charge in [0.2, 0.25) is 5.82 Å². The van der Waals surface area contributed by atoms with Gasteiger partial charge >= 0.3 is 5.69 Å². The molecule has 0 amide bonds. The van der Waals surface area contributed by atoms with Crippen molar-refractivity contribution < 1.29 is 4.39 Å². The van der Waals surface area contributed by atoms with Crippen LogP contribution in [-0.4, -0.2) is 9.55 Å². The molecule has 0 aliphatic carbocycles. The molecule has 1 atom stereocenters. The summed E-state index contributed by atoms with van der Waals surface area (Å²) in [6.45, 7) is 3.45. The van der Waals surface area contributed by atoms with Crippen molar-refractivity contribution in [3.05, 3.63) is 31.8 Å². The average molecular weight is 221 g/mol. The topological polar surface area (TPSA) is 54.9 Å². The maximum atomic E-state index is 13.0. The van der Waals surface area contributed by atoms with Crippen LogP contribution in [0.2, 0.25) is 5.15 Å². The second-order valence-electron chi connectivity index (χ2n) is 2.99. The van der Waals surface area contributed by atoms with Gasteiger partial charge in [-0.25, -0.2) is 4.79 Å². The Hall–Kier alpha value is -1.10. The molecular formula is C8H10ClFN2O2. The van der Waals surface area contributed by atoms with Gasteiger partial charge in [-0.1, -0.05) is 18.5 Å². The van der Waals surface area contributed by atoms with Crippen LogP contribution in [0.15, 0.2) is 9.59 Å². The lowest BCUT2D eigenvalue weighted by molar-refractivity contribution is 0.460. The van der Waals surface area contributed by atoms with E-state index >= 15 is 0 Å². The minimum Gasteiger partial charge on any atom is -0.295 e. The Bertz CT molecular complexity index is 452. The first-order valence-corrected chi connectivity index (χ1v) is 4.56. The van der Waals surface area contributed by atoms with E-state index in [2.05, 4.69) is 4.98 Å². The molecule has 14 heavy (non-hydrogen) atoms. The highest BCUT2D eigenvalue weighted by Gasteiger charge is 2.15. The molecule has 0 radical (unpaired) electrons. The van der Waals surface area contributed by atoms with Gasteiger partial charge in [0.05, 0.1) is 0 Å². The van der Waals surface area contributed by atoms with E-state index in [1.165, 1.54) is 0 Å². The summed E-state index contributed by atoms with van der Waals surface area (Å²) in [5.41, 5.74) is -1.66. The lowest BCUT2D eigenvalue weighted by Gasteiger charge is -2.11. The lowest BCUT2D eigenvalue weighted by Crippen LogP contribution is -2.38. The Morgan fingerprint density at radius 2 is 2.14 bits per heavy atom. The van der Waals surface area contributed by atoms with Gasteiger partial charge in [-0.15, -0.1) is 0 Å². The van der Waals surface area contributed by atoms with Crippen molar-refractivity contribution in [3.63, 3.8) is 0 Å². The Balaban J connectivity index is 3.53. The number of hydrogen-bond acceptors (Lipinski definition) is 2. The quantitative estimate of drug-likeness (QED) is 0.764. The zero-order valence-electron chi connectivity index (χ0n) is 7.80. The van der Waals surface area contributed by atoms with Crippen LogP contribution in [0.1, 0.15) is 26.3 Å². The van der Waals surface area contributed by atoms with Crippen molar-refractivity contribution in [1.29, 1.82) is 0 Å². The van der Waals surface area contributed by atoms with Gasteiger partial charge < -0.3 is 0 Å². The first-order valence-electron chi connectivity index (χ1n) is 4.18. The molecule has 0 aromatic carbocycles. The van der Waals surface area contributed by atoms with Crippen LogP contribution in [0.25, 0.3) is 0 Å². The standard InChI is InChI=1S/C8H10ClFN2O2/c1-3-4(2)12-7(13)5(10)6(9)11-8(12)14/h4H,3H2,1-2H3,(H,11,14). The number of aromatic nitrogens is 2. The molecule has 1 aromatic heterocycles. The maximum Gasteiger partial charge on any atom is 0.329 e. The summed E-state index contributed by atoms with van der Waals surface area (Å²) in [6.07, 6.45) is 0.560. The number of hydrogen-bond donors (Lipinski definition) is 1. The van der Waals surface area contributed by atoms with Crippen molar-refractivity contribution in [1.82, 2.24) is 9.55 Å². The molecule has 0 saturated carbocycles. The van der Waals surface area contributed by atoms with E-state index in [1.54, 1.807) is 13.8 Å². The second kappa shape index (κ2) is 3.96. The second-order valence-corrected chi connectivity index (χ2v) is 3.37.